The summed E-state index contributed by atoms with van der Waals surface area (Å²) in [5.41, 5.74) is 1.30. The van der Waals surface area contributed by atoms with Gasteiger partial charge in [0.25, 0.3) is 0 Å². The molecule has 0 radical (unpaired) electrons. The lowest BCUT2D eigenvalue weighted by atomic mass is 10.0. The van der Waals surface area contributed by atoms with E-state index in [0.717, 1.165) is 18.8 Å². The number of nitrogens with one attached hydrogen (secondary N) is 1. The van der Waals surface area contributed by atoms with Crippen LogP contribution in [-0.2, 0) is 0 Å². The van der Waals surface area contributed by atoms with Crippen molar-refractivity contribution in [1.29, 1.82) is 0 Å². The number of nitrogens with zero attached hydrogens (tertiary/aromatic N) is 1. The SMILES string of the molecule is Cl.c1ccc(C(NC2=NCCCC2)c2cccs2)cc1. The van der Waals surface area contributed by atoms with Crippen LogP contribution in [-0.4, -0.2) is 12.4 Å². The van der Waals surface area contributed by atoms with Gasteiger partial charge in [0, 0.05) is 17.8 Å². The van der Waals surface area contributed by atoms with Crippen LogP contribution in [0.4, 0.5) is 0 Å². The highest BCUT2D eigenvalue weighted by molar-refractivity contribution is 7.10. The van der Waals surface area contributed by atoms with Crippen LogP contribution in [0.5, 0.6) is 0 Å². The molecule has 2 aromatic rings. The van der Waals surface area contributed by atoms with Gasteiger partial charge >= 0.3 is 0 Å². The zero-order valence-corrected chi connectivity index (χ0v) is 12.9. The largest absolute Gasteiger partial charge is 0.362 e. The van der Waals surface area contributed by atoms with Crippen LogP contribution in [0.25, 0.3) is 0 Å². The third kappa shape index (κ3) is 3.62. The lowest BCUT2D eigenvalue weighted by molar-refractivity contribution is 0.680. The number of rotatable bonds is 3. The minimum absolute atomic E-state index is 0. The third-order valence-electron chi connectivity index (χ3n) is 3.40. The van der Waals surface area contributed by atoms with E-state index >= 15 is 0 Å². The van der Waals surface area contributed by atoms with Crippen LogP contribution in [0, 0.1) is 0 Å². The Balaban J connectivity index is 0.00000147. The maximum Gasteiger partial charge on any atom is 0.0970 e. The van der Waals surface area contributed by atoms with Crippen molar-refractivity contribution in [2.45, 2.75) is 25.3 Å². The monoisotopic (exact) mass is 306 g/mol. The van der Waals surface area contributed by atoms with Gasteiger partial charge < -0.3 is 5.32 Å². The molecule has 4 heteroatoms. The van der Waals surface area contributed by atoms with E-state index < -0.39 is 0 Å². The van der Waals surface area contributed by atoms with E-state index in [4.69, 9.17) is 0 Å². The summed E-state index contributed by atoms with van der Waals surface area (Å²) in [5.74, 6) is 1.16. The molecule has 1 atom stereocenters. The Kier molecular flexibility index (Phi) is 5.62. The summed E-state index contributed by atoms with van der Waals surface area (Å²) < 4.78 is 0. The van der Waals surface area contributed by atoms with E-state index in [1.165, 1.54) is 23.3 Å². The van der Waals surface area contributed by atoms with Gasteiger partial charge in [0.2, 0.25) is 0 Å². The quantitative estimate of drug-likeness (QED) is 0.891. The Morgan fingerprint density at radius 3 is 2.55 bits per heavy atom. The normalized spacial score (nSPS) is 15.9. The van der Waals surface area contributed by atoms with Crippen molar-refractivity contribution in [3.8, 4) is 0 Å². The van der Waals surface area contributed by atoms with Crippen LogP contribution < -0.4 is 5.32 Å². The highest BCUT2D eigenvalue weighted by atomic mass is 35.5. The molecule has 1 aliphatic heterocycles. The third-order valence-corrected chi connectivity index (χ3v) is 4.33. The minimum atomic E-state index is 0. The first-order chi connectivity index (χ1) is 9.43. The molecule has 0 fully saturated rings. The van der Waals surface area contributed by atoms with E-state index in [1.54, 1.807) is 11.3 Å². The molecular formula is C16H19ClN2S. The molecule has 0 saturated carbocycles. The molecule has 20 heavy (non-hydrogen) atoms. The summed E-state index contributed by atoms with van der Waals surface area (Å²) >= 11 is 1.80. The molecule has 1 unspecified atom stereocenters. The molecule has 1 aromatic heterocycles. The highest BCUT2D eigenvalue weighted by Gasteiger charge is 2.17. The Bertz CT molecular complexity index is 537. The zero-order valence-electron chi connectivity index (χ0n) is 11.3. The summed E-state index contributed by atoms with van der Waals surface area (Å²) in [6.07, 6.45) is 3.55. The average molecular weight is 307 g/mol. The fourth-order valence-corrected chi connectivity index (χ4v) is 3.20. The number of hydrogen-bond acceptors (Lipinski definition) is 3. The summed E-state index contributed by atoms with van der Waals surface area (Å²) in [6.45, 7) is 0.967. The number of thiophene rings is 1. The number of hydrogen-bond donors (Lipinski definition) is 1. The van der Waals surface area contributed by atoms with E-state index in [2.05, 4.69) is 58.2 Å². The van der Waals surface area contributed by atoms with Gasteiger partial charge in [0.05, 0.1) is 11.9 Å². The number of amidine groups is 1. The van der Waals surface area contributed by atoms with Gasteiger partial charge in [-0.25, -0.2) is 0 Å². The van der Waals surface area contributed by atoms with Crippen molar-refractivity contribution in [1.82, 2.24) is 5.32 Å². The van der Waals surface area contributed by atoms with E-state index in [9.17, 15) is 0 Å². The predicted molar refractivity (Wildman–Crippen MR) is 89.1 cm³/mol. The van der Waals surface area contributed by atoms with Crippen molar-refractivity contribution < 1.29 is 0 Å². The molecule has 0 saturated heterocycles. The second kappa shape index (κ2) is 7.46. The van der Waals surface area contributed by atoms with Crippen LogP contribution in [0.1, 0.15) is 35.7 Å². The molecule has 1 N–H and O–H groups in total. The first kappa shape index (κ1) is 15.1. The molecule has 0 spiro atoms. The van der Waals surface area contributed by atoms with Gasteiger partial charge in [-0.2, -0.15) is 0 Å². The maximum absolute atomic E-state index is 4.61. The molecule has 106 valence electrons. The highest BCUT2D eigenvalue weighted by Crippen LogP contribution is 2.26. The molecule has 1 aromatic carbocycles. The van der Waals surface area contributed by atoms with Crippen molar-refractivity contribution in [2.24, 2.45) is 4.99 Å². The molecule has 0 amide bonds. The van der Waals surface area contributed by atoms with Gasteiger partial charge in [-0.15, -0.1) is 23.7 Å². The lowest BCUT2D eigenvalue weighted by Gasteiger charge is -2.22. The summed E-state index contributed by atoms with van der Waals surface area (Å²) in [5, 5.41) is 5.77. The van der Waals surface area contributed by atoms with Gasteiger partial charge in [0.15, 0.2) is 0 Å². The minimum Gasteiger partial charge on any atom is -0.362 e. The Morgan fingerprint density at radius 2 is 1.90 bits per heavy atom. The van der Waals surface area contributed by atoms with Gasteiger partial charge in [0.1, 0.15) is 0 Å². The fraction of sp³-hybridized carbons (Fsp3) is 0.312. The Hall–Kier alpha value is -1.32. The van der Waals surface area contributed by atoms with Crippen LogP contribution in [0.2, 0.25) is 0 Å². The molecule has 1 aliphatic rings. The lowest BCUT2D eigenvalue weighted by Crippen LogP contribution is -2.30. The molecule has 3 rings (SSSR count). The second-order valence-electron chi connectivity index (χ2n) is 4.79. The first-order valence-electron chi connectivity index (χ1n) is 6.82. The Labute approximate surface area is 130 Å². The molecular weight excluding hydrogens is 288 g/mol. The fourth-order valence-electron chi connectivity index (χ4n) is 2.40. The van der Waals surface area contributed by atoms with Crippen molar-refractivity contribution in [2.75, 3.05) is 6.54 Å². The van der Waals surface area contributed by atoms with Gasteiger partial charge in [-0.1, -0.05) is 36.4 Å². The van der Waals surface area contributed by atoms with Crippen molar-refractivity contribution in [3.05, 3.63) is 58.3 Å². The zero-order chi connectivity index (χ0) is 12.9. The summed E-state index contributed by atoms with van der Waals surface area (Å²) in [4.78, 5) is 5.96. The molecule has 2 nitrogen and oxygen atoms in total. The summed E-state index contributed by atoms with van der Waals surface area (Å²) in [6, 6.07) is 15.2. The molecule has 0 aliphatic carbocycles. The number of benzene rings is 1. The molecule has 0 bridgehead atoms. The molecule has 2 heterocycles. The standard InChI is InChI=1S/C16H18N2S.ClH/c1-2-7-13(8-3-1)16(14-9-6-12-19-14)18-15-10-4-5-11-17-15;/h1-3,6-9,12,16H,4-5,10-11H2,(H,17,18);1H. The van der Waals surface area contributed by atoms with E-state index in [1.807, 2.05) is 0 Å². The number of halogens is 1. The average Bonchev–Trinajstić information content (AvgIpc) is 3.01. The number of aliphatic imine (C=N–C) groups is 1. The predicted octanol–water partition coefficient (Wildman–Crippen LogP) is 4.43. The van der Waals surface area contributed by atoms with E-state index in [0.29, 0.717) is 0 Å². The van der Waals surface area contributed by atoms with Crippen molar-refractivity contribution >= 4 is 29.6 Å². The Morgan fingerprint density at radius 1 is 1.05 bits per heavy atom. The van der Waals surface area contributed by atoms with Crippen LogP contribution >= 0.6 is 23.7 Å². The van der Waals surface area contributed by atoms with Crippen molar-refractivity contribution in [3.63, 3.8) is 0 Å². The summed E-state index contributed by atoms with van der Waals surface area (Å²) in [7, 11) is 0. The van der Waals surface area contributed by atoms with Crippen LogP contribution in [0.15, 0.2) is 52.8 Å². The maximum atomic E-state index is 4.61. The first-order valence-corrected chi connectivity index (χ1v) is 7.69. The van der Waals surface area contributed by atoms with Gasteiger partial charge in [-0.05, 0) is 29.9 Å². The van der Waals surface area contributed by atoms with Gasteiger partial charge in [-0.3, -0.25) is 4.99 Å². The topological polar surface area (TPSA) is 24.4 Å². The van der Waals surface area contributed by atoms with E-state index in [-0.39, 0.29) is 18.4 Å². The second-order valence-corrected chi connectivity index (χ2v) is 5.77. The smallest absolute Gasteiger partial charge is 0.0970 e. The van der Waals surface area contributed by atoms with Crippen LogP contribution in [0.3, 0.4) is 0 Å².